The molecule has 0 heterocycles. The molecule has 12 heavy (non-hydrogen) atoms. The van der Waals surface area contributed by atoms with Crippen LogP contribution in [-0.2, 0) is 0 Å². The summed E-state index contributed by atoms with van der Waals surface area (Å²) in [5.41, 5.74) is 3.22. The minimum Gasteiger partial charge on any atom is -0.305 e. The third-order valence-corrected chi connectivity index (χ3v) is 2.12. The zero-order valence-corrected chi connectivity index (χ0v) is 8.57. The van der Waals surface area contributed by atoms with E-state index in [1.165, 1.54) is 5.57 Å². The van der Waals surface area contributed by atoms with E-state index in [0.29, 0.717) is 5.71 Å². The van der Waals surface area contributed by atoms with Gasteiger partial charge in [-0.3, -0.25) is 0 Å². The predicted molar refractivity (Wildman–Crippen MR) is 55.8 cm³/mol. The number of nitrogens with one attached hydrogen (secondary N) is 1. The van der Waals surface area contributed by atoms with E-state index in [1.54, 1.807) is 0 Å². The van der Waals surface area contributed by atoms with Gasteiger partial charge in [0.15, 0.2) is 0 Å². The number of rotatable bonds is 4. The van der Waals surface area contributed by atoms with Crippen molar-refractivity contribution in [2.24, 2.45) is 0 Å². The quantitative estimate of drug-likeness (QED) is 0.485. The van der Waals surface area contributed by atoms with Crippen LogP contribution >= 0.6 is 0 Å². The second-order valence-electron chi connectivity index (χ2n) is 2.98. The summed E-state index contributed by atoms with van der Waals surface area (Å²) in [6.45, 7) is 8.05. The zero-order valence-electron chi connectivity index (χ0n) is 8.57. The van der Waals surface area contributed by atoms with E-state index in [2.05, 4.69) is 19.1 Å². The first-order chi connectivity index (χ1) is 5.63. The molecule has 0 rings (SSSR count). The molecule has 0 bridgehead atoms. The molecule has 1 heteroatoms. The van der Waals surface area contributed by atoms with Gasteiger partial charge in [0.2, 0.25) is 0 Å². The molecule has 0 aromatic heterocycles. The minimum atomic E-state index is 0.691. The SMILES string of the molecule is CC=CCC(CC)=C(C)C(C)=N. The Morgan fingerprint density at radius 2 is 1.92 bits per heavy atom. The van der Waals surface area contributed by atoms with Crippen LogP contribution in [0.1, 0.15) is 40.5 Å². The van der Waals surface area contributed by atoms with Crippen molar-refractivity contribution in [3.63, 3.8) is 0 Å². The molecule has 68 valence electrons. The Bertz CT molecular complexity index is 209. The second-order valence-corrected chi connectivity index (χ2v) is 2.98. The first-order valence-electron chi connectivity index (χ1n) is 4.48. The van der Waals surface area contributed by atoms with Crippen LogP contribution in [-0.4, -0.2) is 5.71 Å². The molecule has 0 spiro atoms. The molecule has 1 N–H and O–H groups in total. The van der Waals surface area contributed by atoms with Crippen molar-refractivity contribution < 1.29 is 0 Å². The Kier molecular flexibility index (Phi) is 5.35. The van der Waals surface area contributed by atoms with E-state index < -0.39 is 0 Å². The van der Waals surface area contributed by atoms with Crippen molar-refractivity contribution in [3.8, 4) is 0 Å². The molecule has 0 amide bonds. The molecule has 1 nitrogen and oxygen atoms in total. The first kappa shape index (κ1) is 11.2. The maximum absolute atomic E-state index is 7.49. The fourth-order valence-electron chi connectivity index (χ4n) is 1.09. The average Bonchev–Trinajstić information content (AvgIpc) is 2.05. The van der Waals surface area contributed by atoms with Crippen LogP contribution in [0.25, 0.3) is 0 Å². The number of hydrogen-bond donors (Lipinski definition) is 1. The van der Waals surface area contributed by atoms with Gasteiger partial charge in [0.1, 0.15) is 0 Å². The van der Waals surface area contributed by atoms with Gasteiger partial charge in [0.25, 0.3) is 0 Å². The molecule has 0 aliphatic rings. The number of hydrogen-bond acceptors (Lipinski definition) is 1. The smallest absolute Gasteiger partial charge is 0.0311 e. The minimum absolute atomic E-state index is 0.691. The first-order valence-corrected chi connectivity index (χ1v) is 4.48. The van der Waals surface area contributed by atoms with Crippen LogP contribution in [0.15, 0.2) is 23.3 Å². The molecule has 0 saturated heterocycles. The van der Waals surface area contributed by atoms with Gasteiger partial charge >= 0.3 is 0 Å². The van der Waals surface area contributed by atoms with Crippen molar-refractivity contribution in [1.82, 2.24) is 0 Å². The van der Waals surface area contributed by atoms with E-state index in [0.717, 1.165) is 18.4 Å². The Morgan fingerprint density at radius 3 is 2.25 bits per heavy atom. The van der Waals surface area contributed by atoms with Crippen LogP contribution in [0.3, 0.4) is 0 Å². The highest BCUT2D eigenvalue weighted by Gasteiger charge is 1.99. The van der Waals surface area contributed by atoms with Crippen molar-refractivity contribution in [1.29, 1.82) is 5.41 Å². The van der Waals surface area contributed by atoms with Crippen LogP contribution in [0.5, 0.6) is 0 Å². The molecule has 0 fully saturated rings. The molecular formula is C11H19N. The fraction of sp³-hybridized carbons (Fsp3) is 0.545. The predicted octanol–water partition coefficient (Wildman–Crippen LogP) is 3.72. The van der Waals surface area contributed by atoms with E-state index >= 15 is 0 Å². The van der Waals surface area contributed by atoms with Gasteiger partial charge in [0, 0.05) is 5.71 Å². The monoisotopic (exact) mass is 165 g/mol. The third kappa shape index (κ3) is 3.51. The van der Waals surface area contributed by atoms with E-state index in [9.17, 15) is 0 Å². The molecule has 0 saturated carbocycles. The summed E-state index contributed by atoms with van der Waals surface area (Å²) >= 11 is 0. The van der Waals surface area contributed by atoms with Crippen LogP contribution in [0.4, 0.5) is 0 Å². The number of allylic oxidation sites excluding steroid dienone is 4. The van der Waals surface area contributed by atoms with Gasteiger partial charge in [0.05, 0.1) is 0 Å². The van der Waals surface area contributed by atoms with Crippen LogP contribution < -0.4 is 0 Å². The molecule has 0 aliphatic carbocycles. The van der Waals surface area contributed by atoms with E-state index in [1.807, 2.05) is 20.8 Å². The van der Waals surface area contributed by atoms with Gasteiger partial charge < -0.3 is 5.41 Å². The Balaban J connectivity index is 4.49. The Hall–Kier alpha value is -0.850. The molecular weight excluding hydrogens is 146 g/mol. The highest BCUT2D eigenvalue weighted by molar-refractivity contribution is 5.95. The molecule has 0 unspecified atom stereocenters. The second kappa shape index (κ2) is 5.76. The average molecular weight is 165 g/mol. The van der Waals surface area contributed by atoms with E-state index in [4.69, 9.17) is 5.41 Å². The summed E-state index contributed by atoms with van der Waals surface area (Å²) in [4.78, 5) is 0. The van der Waals surface area contributed by atoms with Crippen LogP contribution in [0, 0.1) is 5.41 Å². The third-order valence-electron chi connectivity index (χ3n) is 2.12. The van der Waals surface area contributed by atoms with Crippen molar-refractivity contribution >= 4 is 5.71 Å². The Morgan fingerprint density at radius 1 is 1.33 bits per heavy atom. The lowest BCUT2D eigenvalue weighted by atomic mass is 10.0. The van der Waals surface area contributed by atoms with Crippen molar-refractivity contribution in [2.45, 2.75) is 40.5 Å². The maximum Gasteiger partial charge on any atom is 0.0311 e. The summed E-state index contributed by atoms with van der Waals surface area (Å²) in [5.74, 6) is 0. The lowest BCUT2D eigenvalue weighted by Crippen LogP contribution is -1.95. The summed E-state index contributed by atoms with van der Waals surface area (Å²) in [6, 6.07) is 0. The molecule has 0 aromatic rings. The molecule has 0 atom stereocenters. The van der Waals surface area contributed by atoms with Gasteiger partial charge in [-0.15, -0.1) is 0 Å². The summed E-state index contributed by atoms with van der Waals surface area (Å²) in [7, 11) is 0. The highest BCUT2D eigenvalue weighted by atomic mass is 14.4. The molecule has 0 radical (unpaired) electrons. The zero-order chi connectivity index (χ0) is 9.56. The van der Waals surface area contributed by atoms with Crippen LogP contribution in [0.2, 0.25) is 0 Å². The Labute approximate surface area is 75.7 Å². The van der Waals surface area contributed by atoms with Gasteiger partial charge in [-0.25, -0.2) is 0 Å². The maximum atomic E-state index is 7.49. The van der Waals surface area contributed by atoms with Gasteiger partial charge in [-0.2, -0.15) is 0 Å². The van der Waals surface area contributed by atoms with E-state index in [-0.39, 0.29) is 0 Å². The topological polar surface area (TPSA) is 23.9 Å². The van der Waals surface area contributed by atoms with Gasteiger partial charge in [-0.05, 0) is 39.2 Å². The summed E-state index contributed by atoms with van der Waals surface area (Å²) < 4.78 is 0. The van der Waals surface area contributed by atoms with Crippen molar-refractivity contribution in [2.75, 3.05) is 0 Å². The standard InChI is InChI=1S/C11H19N/c1-5-7-8-11(6-2)9(3)10(4)12/h5,7,12H,6,8H2,1-4H3. The summed E-state index contributed by atoms with van der Waals surface area (Å²) in [5, 5.41) is 7.49. The molecule has 0 aliphatic heterocycles. The lowest BCUT2D eigenvalue weighted by molar-refractivity contribution is 1.01. The largest absolute Gasteiger partial charge is 0.305 e. The molecule has 0 aromatic carbocycles. The normalized spacial score (nSPS) is 13.3. The van der Waals surface area contributed by atoms with Crippen molar-refractivity contribution in [3.05, 3.63) is 23.3 Å². The summed E-state index contributed by atoms with van der Waals surface area (Å²) in [6.07, 6.45) is 6.24. The highest BCUT2D eigenvalue weighted by Crippen LogP contribution is 2.14. The van der Waals surface area contributed by atoms with Gasteiger partial charge in [-0.1, -0.05) is 24.6 Å². The fourth-order valence-corrected chi connectivity index (χ4v) is 1.09. The lowest BCUT2D eigenvalue weighted by Gasteiger charge is -2.06.